The zero-order valence-corrected chi connectivity index (χ0v) is 15.9. The fourth-order valence-electron chi connectivity index (χ4n) is 4.24. The number of nitrogens with one attached hydrogen (secondary N) is 2. The highest BCUT2D eigenvalue weighted by Crippen LogP contribution is 2.34. The summed E-state index contributed by atoms with van der Waals surface area (Å²) in [6.45, 7) is 1.79. The van der Waals surface area contributed by atoms with Crippen LogP contribution in [0.2, 0.25) is 0 Å². The first kappa shape index (κ1) is 18.7. The van der Waals surface area contributed by atoms with Crippen molar-refractivity contribution in [2.75, 3.05) is 26.2 Å². The maximum Gasteiger partial charge on any atom is 0.247 e. The monoisotopic (exact) mass is 395 g/mol. The molecule has 1 spiro atoms. The number of rotatable bonds is 0. The lowest BCUT2D eigenvalue weighted by molar-refractivity contribution is -0.126. The van der Waals surface area contributed by atoms with E-state index in [4.69, 9.17) is 4.74 Å². The largest absolute Gasteiger partial charge is 0.492 e. The maximum atomic E-state index is 13.2. The van der Waals surface area contributed by atoms with Crippen LogP contribution < -0.4 is 15.4 Å². The molecule has 148 valence electrons. The number of carbonyl (C=O) groups excluding carboxylic acids is 1. The van der Waals surface area contributed by atoms with Gasteiger partial charge in [-0.3, -0.25) is 4.79 Å². The van der Waals surface area contributed by atoms with Crippen molar-refractivity contribution in [3.8, 4) is 5.75 Å². The Bertz CT molecular complexity index is 822. The predicted octanol–water partition coefficient (Wildman–Crippen LogP) is -0.169. The summed E-state index contributed by atoms with van der Waals surface area (Å²) in [5.74, 6) is -0.0486. The van der Waals surface area contributed by atoms with Gasteiger partial charge in [-0.2, -0.15) is 4.31 Å². The Kier molecular flexibility index (Phi) is 4.87. The van der Waals surface area contributed by atoms with Gasteiger partial charge in [0.25, 0.3) is 0 Å². The maximum absolute atomic E-state index is 13.2. The third-order valence-electron chi connectivity index (χ3n) is 5.76. The Balaban J connectivity index is 1.77. The van der Waals surface area contributed by atoms with Crippen molar-refractivity contribution in [3.63, 3.8) is 0 Å². The summed E-state index contributed by atoms with van der Waals surface area (Å²) in [5, 5.41) is 16.5. The van der Waals surface area contributed by atoms with Crippen molar-refractivity contribution >= 4 is 15.9 Å². The summed E-state index contributed by atoms with van der Waals surface area (Å²) >= 11 is 0. The van der Waals surface area contributed by atoms with Gasteiger partial charge in [0, 0.05) is 24.9 Å². The minimum atomic E-state index is -3.97. The van der Waals surface area contributed by atoms with Crippen LogP contribution in [0.15, 0.2) is 29.2 Å². The molecule has 0 aliphatic carbocycles. The highest BCUT2D eigenvalue weighted by atomic mass is 32.2. The second-order valence-electron chi connectivity index (χ2n) is 7.54. The van der Waals surface area contributed by atoms with Gasteiger partial charge in [0.15, 0.2) is 0 Å². The summed E-state index contributed by atoms with van der Waals surface area (Å²) in [6, 6.07) is 5.57. The van der Waals surface area contributed by atoms with Crippen LogP contribution in [0.3, 0.4) is 0 Å². The first-order valence-electron chi connectivity index (χ1n) is 9.36. The van der Waals surface area contributed by atoms with Gasteiger partial charge in [0.2, 0.25) is 15.9 Å². The number of aliphatic hydroxyl groups is 1. The number of benzene rings is 1. The summed E-state index contributed by atoms with van der Waals surface area (Å²) in [6.07, 6.45) is 1.35. The average Bonchev–Trinajstić information content (AvgIpc) is 3.05. The topological polar surface area (TPSA) is 108 Å². The molecule has 0 bridgehead atoms. The summed E-state index contributed by atoms with van der Waals surface area (Å²) in [4.78, 5) is 13.1. The fraction of sp³-hybridized carbons (Fsp3) is 0.611. The molecule has 2 atom stereocenters. The van der Waals surface area contributed by atoms with Crippen LogP contribution in [0.25, 0.3) is 0 Å². The van der Waals surface area contributed by atoms with Crippen molar-refractivity contribution < 1.29 is 23.1 Å². The number of piperidine rings is 1. The van der Waals surface area contributed by atoms with E-state index < -0.39 is 27.7 Å². The Morgan fingerprint density at radius 2 is 1.93 bits per heavy atom. The molecule has 1 amide bonds. The number of fused-ring (bicyclic) bond motifs is 2. The van der Waals surface area contributed by atoms with Crippen LogP contribution in [0.1, 0.15) is 25.7 Å². The van der Waals surface area contributed by atoms with E-state index in [1.165, 1.54) is 6.07 Å². The van der Waals surface area contributed by atoms with E-state index in [0.717, 1.165) is 30.2 Å². The Morgan fingerprint density at radius 3 is 2.70 bits per heavy atom. The van der Waals surface area contributed by atoms with Crippen molar-refractivity contribution in [1.82, 2.24) is 14.9 Å². The number of amides is 1. The molecule has 0 saturated carbocycles. The molecule has 9 heteroatoms. The standard InChI is InChI=1S/C18H25N3O5S/c22-13-11-14-17(23)20-18(5-8-19-9-6-18)7-10-26-15-3-1-2-4-16(15)27(24,25)21(14)12-13/h1-4,13-14,19,22H,5-12H2,(H,20,23)/t13-,14+/m1/s1. The van der Waals surface area contributed by atoms with Crippen LogP contribution in [-0.2, 0) is 14.8 Å². The molecule has 1 aromatic rings. The molecule has 0 radical (unpaired) electrons. The van der Waals surface area contributed by atoms with Crippen LogP contribution in [-0.4, -0.2) is 67.7 Å². The van der Waals surface area contributed by atoms with Gasteiger partial charge in [-0.1, -0.05) is 12.1 Å². The highest BCUT2D eigenvalue weighted by molar-refractivity contribution is 7.89. The molecule has 3 N–H and O–H groups in total. The highest BCUT2D eigenvalue weighted by Gasteiger charge is 2.46. The van der Waals surface area contributed by atoms with Gasteiger partial charge in [-0.15, -0.1) is 0 Å². The quantitative estimate of drug-likeness (QED) is 0.563. The number of carbonyl (C=O) groups is 1. The molecule has 0 aromatic heterocycles. The summed E-state index contributed by atoms with van der Waals surface area (Å²) in [5.41, 5.74) is -0.426. The van der Waals surface area contributed by atoms with Crippen molar-refractivity contribution in [2.45, 2.75) is 48.3 Å². The third-order valence-corrected chi connectivity index (χ3v) is 7.67. The van der Waals surface area contributed by atoms with E-state index >= 15 is 0 Å². The van der Waals surface area contributed by atoms with Gasteiger partial charge in [-0.25, -0.2) is 8.42 Å². The zero-order chi connectivity index (χ0) is 19.1. The second kappa shape index (κ2) is 7.05. The molecule has 8 nitrogen and oxygen atoms in total. The van der Waals surface area contributed by atoms with Crippen LogP contribution >= 0.6 is 0 Å². The Labute approximate surface area is 158 Å². The first-order valence-corrected chi connectivity index (χ1v) is 10.8. The molecule has 3 heterocycles. The van der Waals surface area contributed by atoms with Crippen LogP contribution in [0.5, 0.6) is 5.75 Å². The number of para-hydroxylation sites is 1. The third kappa shape index (κ3) is 3.44. The minimum Gasteiger partial charge on any atom is -0.492 e. The van der Waals surface area contributed by atoms with Crippen molar-refractivity contribution in [1.29, 1.82) is 0 Å². The molecule has 2 saturated heterocycles. The number of hydrogen-bond acceptors (Lipinski definition) is 6. The predicted molar refractivity (Wildman–Crippen MR) is 97.8 cm³/mol. The zero-order valence-electron chi connectivity index (χ0n) is 15.1. The first-order chi connectivity index (χ1) is 12.9. The molecule has 3 aliphatic heterocycles. The van der Waals surface area contributed by atoms with Gasteiger partial charge in [0.1, 0.15) is 16.7 Å². The minimum absolute atomic E-state index is 0.0400. The molecule has 3 aliphatic rings. The molecule has 4 rings (SSSR count). The normalized spacial score (nSPS) is 30.5. The van der Waals surface area contributed by atoms with Crippen molar-refractivity contribution in [2.24, 2.45) is 0 Å². The van der Waals surface area contributed by atoms with E-state index in [0.29, 0.717) is 13.0 Å². The summed E-state index contributed by atoms with van der Waals surface area (Å²) in [7, 11) is -3.97. The SMILES string of the molecule is O=C1NC2(CCNCC2)CCOc2ccccc2S(=O)(=O)N2C[C@H](O)C[C@@H]12. The van der Waals surface area contributed by atoms with Gasteiger partial charge in [0.05, 0.1) is 12.7 Å². The van der Waals surface area contributed by atoms with E-state index in [-0.39, 0.29) is 29.5 Å². The van der Waals surface area contributed by atoms with Gasteiger partial charge < -0.3 is 20.5 Å². The fourth-order valence-corrected chi connectivity index (χ4v) is 6.01. The number of sulfonamides is 1. The summed E-state index contributed by atoms with van der Waals surface area (Å²) < 4.78 is 33.5. The van der Waals surface area contributed by atoms with Gasteiger partial charge in [-0.05, 0) is 38.1 Å². The van der Waals surface area contributed by atoms with Crippen LogP contribution in [0, 0.1) is 0 Å². The molecule has 27 heavy (non-hydrogen) atoms. The average molecular weight is 395 g/mol. The number of aliphatic hydroxyl groups excluding tert-OH is 1. The van der Waals surface area contributed by atoms with E-state index in [2.05, 4.69) is 10.6 Å². The number of hydrogen-bond donors (Lipinski definition) is 3. The lowest BCUT2D eigenvalue weighted by Crippen LogP contribution is -2.58. The Hall–Kier alpha value is -1.68. The lowest BCUT2D eigenvalue weighted by Gasteiger charge is -2.39. The number of nitrogens with zero attached hydrogens (tertiary/aromatic N) is 1. The van der Waals surface area contributed by atoms with Gasteiger partial charge >= 0.3 is 0 Å². The molecular formula is C18H25N3O5S. The smallest absolute Gasteiger partial charge is 0.247 e. The lowest BCUT2D eigenvalue weighted by atomic mass is 9.85. The molecule has 2 fully saturated rings. The second-order valence-corrected chi connectivity index (χ2v) is 9.40. The van der Waals surface area contributed by atoms with E-state index in [9.17, 15) is 18.3 Å². The molecular weight excluding hydrogens is 370 g/mol. The molecule has 1 aromatic carbocycles. The number of ether oxygens (including phenoxy) is 1. The van der Waals surface area contributed by atoms with Crippen LogP contribution in [0.4, 0.5) is 0 Å². The van der Waals surface area contributed by atoms with Crippen molar-refractivity contribution in [3.05, 3.63) is 24.3 Å². The van der Waals surface area contributed by atoms with E-state index in [1.807, 2.05) is 0 Å². The Morgan fingerprint density at radius 1 is 1.19 bits per heavy atom. The molecule has 0 unspecified atom stereocenters. The van der Waals surface area contributed by atoms with E-state index in [1.54, 1.807) is 18.2 Å².